The Morgan fingerprint density at radius 2 is 1.50 bits per heavy atom. The summed E-state index contributed by atoms with van der Waals surface area (Å²) >= 11 is 0. The first-order valence-corrected chi connectivity index (χ1v) is 11.0. The number of carboxylic acids is 1. The summed E-state index contributed by atoms with van der Waals surface area (Å²) < 4.78 is 0. The van der Waals surface area contributed by atoms with E-state index in [2.05, 4.69) is 53.8 Å². The number of carbonyl (C=O) groups excluding carboxylic acids is 1. The van der Waals surface area contributed by atoms with E-state index in [1.54, 1.807) is 0 Å². The Kier molecular flexibility index (Phi) is 12.0. The minimum atomic E-state index is -0.719. The number of nitrogens with one attached hydrogen (secondary N) is 1. The van der Waals surface area contributed by atoms with Crippen LogP contribution in [0.5, 0.6) is 0 Å². The van der Waals surface area contributed by atoms with Gasteiger partial charge in [0.15, 0.2) is 0 Å². The summed E-state index contributed by atoms with van der Waals surface area (Å²) in [5.41, 5.74) is 5.49. The molecule has 0 aliphatic heterocycles. The maximum Gasteiger partial charge on any atom is 0.303 e. The molecular formula is C23H46N2O3. The zero-order chi connectivity index (χ0) is 22.0. The van der Waals surface area contributed by atoms with Gasteiger partial charge in [-0.05, 0) is 60.8 Å². The molecule has 0 aliphatic rings. The molecular weight excluding hydrogens is 352 g/mol. The highest BCUT2D eigenvalue weighted by molar-refractivity contribution is 5.76. The van der Waals surface area contributed by atoms with Crippen LogP contribution in [0.4, 0.5) is 0 Å². The van der Waals surface area contributed by atoms with Crippen molar-refractivity contribution >= 4 is 11.9 Å². The molecule has 0 aromatic heterocycles. The highest BCUT2D eigenvalue weighted by Crippen LogP contribution is 2.48. The monoisotopic (exact) mass is 398 g/mol. The Hall–Kier alpha value is -1.10. The molecule has 0 saturated heterocycles. The normalized spacial score (nSPS) is 14.8. The van der Waals surface area contributed by atoms with Gasteiger partial charge in [0.2, 0.25) is 5.91 Å². The van der Waals surface area contributed by atoms with Gasteiger partial charge in [-0.1, -0.05) is 54.9 Å². The van der Waals surface area contributed by atoms with Gasteiger partial charge in [0.05, 0.1) is 0 Å². The van der Waals surface area contributed by atoms with Gasteiger partial charge in [0, 0.05) is 19.4 Å². The molecule has 0 rings (SSSR count). The van der Waals surface area contributed by atoms with E-state index in [-0.39, 0.29) is 35.0 Å². The van der Waals surface area contributed by atoms with Crippen LogP contribution in [-0.4, -0.2) is 30.1 Å². The summed E-state index contributed by atoms with van der Waals surface area (Å²) in [5, 5.41) is 12.3. The van der Waals surface area contributed by atoms with Crippen molar-refractivity contribution in [2.75, 3.05) is 13.1 Å². The number of carbonyl (C=O) groups is 2. The van der Waals surface area contributed by atoms with Gasteiger partial charge in [-0.3, -0.25) is 9.59 Å². The molecule has 2 unspecified atom stereocenters. The SMILES string of the molecule is CC(CC(=O)NCCCCCN)CC(C)(C)C(C)(C)CC(CC(=O)O)C(C)C. The second-order valence-corrected chi connectivity index (χ2v) is 10.3. The predicted octanol–water partition coefficient (Wildman–Crippen LogP) is 4.84. The molecule has 0 aromatic carbocycles. The maximum atomic E-state index is 12.2. The van der Waals surface area contributed by atoms with Crippen LogP contribution in [0.25, 0.3) is 0 Å². The Labute approximate surface area is 173 Å². The molecule has 0 heterocycles. The minimum Gasteiger partial charge on any atom is -0.481 e. The Balaban J connectivity index is 4.67. The summed E-state index contributed by atoms with van der Waals surface area (Å²) in [7, 11) is 0. The Morgan fingerprint density at radius 3 is 2.00 bits per heavy atom. The van der Waals surface area contributed by atoms with Gasteiger partial charge in [-0.15, -0.1) is 0 Å². The van der Waals surface area contributed by atoms with Gasteiger partial charge in [-0.25, -0.2) is 0 Å². The van der Waals surface area contributed by atoms with Crippen molar-refractivity contribution in [2.45, 2.75) is 93.4 Å². The van der Waals surface area contributed by atoms with Crippen molar-refractivity contribution in [3.8, 4) is 0 Å². The van der Waals surface area contributed by atoms with Gasteiger partial charge in [0.25, 0.3) is 0 Å². The molecule has 2 atom stereocenters. The average molecular weight is 399 g/mol. The van der Waals surface area contributed by atoms with Crippen LogP contribution >= 0.6 is 0 Å². The number of rotatable bonds is 15. The highest BCUT2D eigenvalue weighted by Gasteiger charge is 2.40. The number of nitrogens with two attached hydrogens (primary N) is 1. The average Bonchev–Trinajstić information content (AvgIpc) is 2.52. The van der Waals surface area contributed by atoms with E-state index in [9.17, 15) is 14.7 Å². The quantitative estimate of drug-likeness (QED) is 0.344. The molecule has 1 amide bonds. The number of hydrogen-bond donors (Lipinski definition) is 3. The fourth-order valence-electron chi connectivity index (χ4n) is 3.98. The van der Waals surface area contributed by atoms with Gasteiger partial charge in [-0.2, -0.15) is 0 Å². The lowest BCUT2D eigenvalue weighted by atomic mass is 9.59. The minimum absolute atomic E-state index is 0.00958. The lowest BCUT2D eigenvalue weighted by Crippen LogP contribution is -2.38. The van der Waals surface area contributed by atoms with Crippen molar-refractivity contribution in [2.24, 2.45) is 34.3 Å². The number of carboxylic acid groups (broad SMARTS) is 1. The van der Waals surface area contributed by atoms with E-state index in [4.69, 9.17) is 5.73 Å². The van der Waals surface area contributed by atoms with E-state index in [0.29, 0.717) is 18.9 Å². The zero-order valence-electron chi connectivity index (χ0n) is 19.4. The van der Waals surface area contributed by atoms with Crippen LogP contribution in [-0.2, 0) is 9.59 Å². The fourth-order valence-corrected chi connectivity index (χ4v) is 3.98. The second kappa shape index (κ2) is 12.5. The third-order valence-corrected chi connectivity index (χ3v) is 6.58. The van der Waals surface area contributed by atoms with Gasteiger partial charge >= 0.3 is 5.97 Å². The largest absolute Gasteiger partial charge is 0.481 e. The number of unbranched alkanes of at least 4 members (excludes halogenated alkanes) is 2. The van der Waals surface area contributed by atoms with Crippen molar-refractivity contribution in [3.63, 3.8) is 0 Å². The topological polar surface area (TPSA) is 92.4 Å². The lowest BCUT2D eigenvalue weighted by molar-refractivity contribution is -0.139. The van der Waals surface area contributed by atoms with Crippen LogP contribution < -0.4 is 11.1 Å². The second-order valence-electron chi connectivity index (χ2n) is 10.3. The summed E-state index contributed by atoms with van der Waals surface area (Å²) in [5.74, 6) is 0.200. The molecule has 0 radical (unpaired) electrons. The first-order chi connectivity index (χ1) is 12.8. The molecule has 0 aromatic rings. The number of amides is 1. The van der Waals surface area contributed by atoms with Gasteiger partial charge in [0.1, 0.15) is 0 Å². The van der Waals surface area contributed by atoms with Crippen molar-refractivity contribution in [1.29, 1.82) is 0 Å². The summed E-state index contributed by atoms with van der Waals surface area (Å²) in [4.78, 5) is 23.5. The lowest BCUT2D eigenvalue weighted by Gasteiger charge is -2.46. The van der Waals surface area contributed by atoms with Crippen molar-refractivity contribution in [3.05, 3.63) is 0 Å². The van der Waals surface area contributed by atoms with E-state index in [0.717, 1.165) is 38.6 Å². The number of hydrogen-bond acceptors (Lipinski definition) is 3. The smallest absolute Gasteiger partial charge is 0.303 e. The van der Waals surface area contributed by atoms with E-state index >= 15 is 0 Å². The Morgan fingerprint density at radius 1 is 0.929 bits per heavy atom. The van der Waals surface area contributed by atoms with Crippen molar-refractivity contribution < 1.29 is 14.7 Å². The molecule has 5 nitrogen and oxygen atoms in total. The zero-order valence-corrected chi connectivity index (χ0v) is 19.4. The molecule has 5 heteroatoms. The predicted molar refractivity (Wildman–Crippen MR) is 117 cm³/mol. The first-order valence-electron chi connectivity index (χ1n) is 11.0. The van der Waals surface area contributed by atoms with Gasteiger partial charge < -0.3 is 16.2 Å². The van der Waals surface area contributed by atoms with Crippen LogP contribution in [0.3, 0.4) is 0 Å². The third-order valence-electron chi connectivity index (χ3n) is 6.58. The Bertz CT molecular complexity index is 472. The molecule has 4 N–H and O–H groups in total. The molecule has 0 aliphatic carbocycles. The summed E-state index contributed by atoms with van der Waals surface area (Å²) in [6, 6.07) is 0. The van der Waals surface area contributed by atoms with Crippen LogP contribution in [0.15, 0.2) is 0 Å². The van der Waals surface area contributed by atoms with Crippen molar-refractivity contribution in [1.82, 2.24) is 5.32 Å². The standard InChI is InChI=1S/C23H46N2O3/c1-17(2)19(14-21(27)28)16-23(6,7)22(4,5)15-18(3)13-20(26)25-12-10-8-9-11-24/h17-19H,8-16,24H2,1-7H3,(H,25,26)(H,27,28). The van der Waals surface area contributed by atoms with E-state index in [1.807, 2.05) is 0 Å². The molecule has 166 valence electrons. The number of aliphatic carboxylic acids is 1. The summed E-state index contributed by atoms with van der Waals surface area (Å²) in [6.07, 6.45) is 5.63. The van der Waals surface area contributed by atoms with Crippen LogP contribution in [0.2, 0.25) is 0 Å². The van der Waals surface area contributed by atoms with Crippen LogP contribution in [0.1, 0.15) is 93.4 Å². The molecule has 0 spiro atoms. The third kappa shape index (κ3) is 10.4. The van der Waals surface area contributed by atoms with Crippen LogP contribution in [0, 0.1) is 28.6 Å². The maximum absolute atomic E-state index is 12.2. The molecule has 0 bridgehead atoms. The first kappa shape index (κ1) is 26.9. The van der Waals surface area contributed by atoms with E-state index in [1.165, 1.54) is 0 Å². The fraction of sp³-hybridized carbons (Fsp3) is 0.913. The molecule has 0 saturated carbocycles. The molecule has 28 heavy (non-hydrogen) atoms. The van der Waals surface area contributed by atoms with E-state index < -0.39 is 5.97 Å². The summed E-state index contributed by atoms with van der Waals surface area (Å²) in [6.45, 7) is 16.8. The molecule has 0 fully saturated rings. The highest BCUT2D eigenvalue weighted by atomic mass is 16.4.